The first-order valence-electron chi connectivity index (χ1n) is 10.1. The van der Waals surface area contributed by atoms with E-state index >= 15 is 0 Å². The number of likely N-dealkylation sites (N-methyl/N-ethyl adjacent to an activating group) is 1. The van der Waals surface area contributed by atoms with E-state index in [0.29, 0.717) is 0 Å². The number of hydrogen-bond donors (Lipinski definition) is 1. The summed E-state index contributed by atoms with van der Waals surface area (Å²) < 4.78 is 6.12. The summed E-state index contributed by atoms with van der Waals surface area (Å²) >= 11 is 0. The predicted octanol–water partition coefficient (Wildman–Crippen LogP) is 4.08. The molecule has 4 heteroatoms. The van der Waals surface area contributed by atoms with Gasteiger partial charge in [0.2, 0.25) is 0 Å². The standard InChI is InChI=1S/C24H29N3O/c1-26-13-15-27(16-14-26)17-18-28-24-12-5-4-11-23(24)25-19-21-9-6-8-20-7-2-3-10-22(20)21/h2-12,25H,13-19H2,1H3. The number of nitrogens with zero attached hydrogens (tertiary/aromatic N) is 2. The molecule has 1 N–H and O–H groups in total. The number of benzene rings is 3. The van der Waals surface area contributed by atoms with Crippen LogP contribution in [-0.4, -0.2) is 56.2 Å². The fourth-order valence-corrected chi connectivity index (χ4v) is 3.73. The number of piperazine rings is 1. The van der Waals surface area contributed by atoms with E-state index in [1.54, 1.807) is 0 Å². The van der Waals surface area contributed by atoms with E-state index in [4.69, 9.17) is 4.74 Å². The van der Waals surface area contributed by atoms with Gasteiger partial charge in [0.25, 0.3) is 0 Å². The minimum absolute atomic E-state index is 0.719. The molecule has 1 aliphatic rings. The van der Waals surface area contributed by atoms with Crippen molar-refractivity contribution in [3.8, 4) is 5.75 Å². The van der Waals surface area contributed by atoms with E-state index in [1.165, 1.54) is 16.3 Å². The van der Waals surface area contributed by atoms with Crippen LogP contribution in [0.25, 0.3) is 10.8 Å². The first-order valence-corrected chi connectivity index (χ1v) is 10.1. The average molecular weight is 376 g/mol. The molecule has 0 bridgehead atoms. The molecule has 0 amide bonds. The second-order valence-electron chi connectivity index (χ2n) is 7.48. The SMILES string of the molecule is CN1CCN(CCOc2ccccc2NCc2cccc3ccccc23)CC1. The highest BCUT2D eigenvalue weighted by Crippen LogP contribution is 2.26. The van der Waals surface area contributed by atoms with Crippen LogP contribution in [-0.2, 0) is 6.54 Å². The lowest BCUT2D eigenvalue weighted by Crippen LogP contribution is -2.45. The summed E-state index contributed by atoms with van der Waals surface area (Å²) in [5.74, 6) is 0.928. The summed E-state index contributed by atoms with van der Waals surface area (Å²) in [5, 5.41) is 6.14. The molecule has 0 unspecified atom stereocenters. The third-order valence-electron chi connectivity index (χ3n) is 5.50. The van der Waals surface area contributed by atoms with E-state index in [-0.39, 0.29) is 0 Å². The molecule has 3 aromatic rings. The van der Waals surface area contributed by atoms with Crippen molar-refractivity contribution in [2.24, 2.45) is 0 Å². The molecule has 0 radical (unpaired) electrons. The highest BCUT2D eigenvalue weighted by molar-refractivity contribution is 5.85. The zero-order valence-corrected chi connectivity index (χ0v) is 16.6. The summed E-state index contributed by atoms with van der Waals surface area (Å²) in [5.41, 5.74) is 2.35. The molecule has 0 saturated carbocycles. The molecule has 28 heavy (non-hydrogen) atoms. The number of ether oxygens (including phenoxy) is 1. The van der Waals surface area contributed by atoms with Crippen LogP contribution < -0.4 is 10.1 Å². The Kier molecular flexibility index (Phi) is 6.10. The Labute approximate surface area is 167 Å². The Morgan fingerprint density at radius 3 is 2.50 bits per heavy atom. The first-order chi connectivity index (χ1) is 13.8. The highest BCUT2D eigenvalue weighted by Gasteiger charge is 2.13. The van der Waals surface area contributed by atoms with Gasteiger partial charge in [0.15, 0.2) is 0 Å². The Morgan fingerprint density at radius 1 is 0.857 bits per heavy atom. The number of hydrogen-bond acceptors (Lipinski definition) is 4. The van der Waals surface area contributed by atoms with Gasteiger partial charge in [0, 0.05) is 39.3 Å². The molecular formula is C24H29N3O. The Bertz CT molecular complexity index is 898. The van der Waals surface area contributed by atoms with E-state index in [1.807, 2.05) is 6.07 Å². The summed E-state index contributed by atoms with van der Waals surface area (Å²) in [7, 11) is 2.19. The van der Waals surface area contributed by atoms with Crippen molar-refractivity contribution in [2.75, 3.05) is 51.7 Å². The molecule has 1 saturated heterocycles. The maximum Gasteiger partial charge on any atom is 0.142 e. The van der Waals surface area contributed by atoms with Crippen molar-refractivity contribution in [3.05, 3.63) is 72.3 Å². The summed E-state index contributed by atoms with van der Waals surface area (Å²) in [6.45, 7) is 7.01. The van der Waals surface area contributed by atoms with Gasteiger partial charge < -0.3 is 15.0 Å². The lowest BCUT2D eigenvalue weighted by atomic mass is 10.0. The third kappa shape index (κ3) is 4.64. The minimum Gasteiger partial charge on any atom is -0.490 e. The molecule has 0 aliphatic carbocycles. The second-order valence-corrected chi connectivity index (χ2v) is 7.48. The van der Waals surface area contributed by atoms with Gasteiger partial charge in [0.05, 0.1) is 5.69 Å². The minimum atomic E-state index is 0.719. The van der Waals surface area contributed by atoms with Crippen LogP contribution in [0.1, 0.15) is 5.56 Å². The van der Waals surface area contributed by atoms with E-state index in [2.05, 4.69) is 82.8 Å². The zero-order valence-electron chi connectivity index (χ0n) is 16.6. The maximum atomic E-state index is 6.12. The van der Waals surface area contributed by atoms with Crippen molar-refractivity contribution in [1.29, 1.82) is 0 Å². The molecule has 4 rings (SSSR count). The van der Waals surface area contributed by atoms with E-state index in [0.717, 1.165) is 57.3 Å². The van der Waals surface area contributed by atoms with Crippen LogP contribution in [0.3, 0.4) is 0 Å². The van der Waals surface area contributed by atoms with Crippen molar-refractivity contribution in [3.63, 3.8) is 0 Å². The fourth-order valence-electron chi connectivity index (χ4n) is 3.73. The molecule has 146 valence electrons. The first kappa shape index (κ1) is 18.8. The molecule has 0 aromatic heterocycles. The van der Waals surface area contributed by atoms with Crippen LogP contribution in [0.4, 0.5) is 5.69 Å². The average Bonchev–Trinajstić information content (AvgIpc) is 2.74. The topological polar surface area (TPSA) is 27.7 Å². The monoisotopic (exact) mass is 375 g/mol. The number of fused-ring (bicyclic) bond motifs is 1. The van der Waals surface area contributed by atoms with Gasteiger partial charge in [-0.05, 0) is 35.5 Å². The van der Waals surface area contributed by atoms with Gasteiger partial charge in [0.1, 0.15) is 12.4 Å². The van der Waals surface area contributed by atoms with Gasteiger partial charge >= 0.3 is 0 Å². The summed E-state index contributed by atoms with van der Waals surface area (Å²) in [6.07, 6.45) is 0. The van der Waals surface area contributed by atoms with Crippen LogP contribution in [0.15, 0.2) is 66.7 Å². The Morgan fingerprint density at radius 2 is 1.61 bits per heavy atom. The molecule has 0 atom stereocenters. The zero-order chi connectivity index (χ0) is 19.2. The van der Waals surface area contributed by atoms with E-state index in [9.17, 15) is 0 Å². The number of para-hydroxylation sites is 2. The van der Waals surface area contributed by atoms with Crippen LogP contribution >= 0.6 is 0 Å². The fraction of sp³-hybridized carbons (Fsp3) is 0.333. The number of rotatable bonds is 7. The van der Waals surface area contributed by atoms with Crippen molar-refractivity contribution in [1.82, 2.24) is 9.80 Å². The summed E-state index contributed by atoms with van der Waals surface area (Å²) in [4.78, 5) is 4.86. The molecule has 4 nitrogen and oxygen atoms in total. The van der Waals surface area contributed by atoms with E-state index < -0.39 is 0 Å². The Balaban J connectivity index is 1.36. The molecule has 0 spiro atoms. The van der Waals surface area contributed by atoms with Crippen LogP contribution in [0, 0.1) is 0 Å². The van der Waals surface area contributed by atoms with Gasteiger partial charge in [-0.1, -0.05) is 54.6 Å². The van der Waals surface area contributed by atoms with Crippen molar-refractivity contribution < 1.29 is 4.74 Å². The second kappa shape index (κ2) is 9.09. The smallest absolute Gasteiger partial charge is 0.142 e. The number of nitrogens with one attached hydrogen (secondary N) is 1. The molecule has 1 heterocycles. The lowest BCUT2D eigenvalue weighted by molar-refractivity contribution is 0.134. The molecule has 1 aliphatic heterocycles. The maximum absolute atomic E-state index is 6.12. The van der Waals surface area contributed by atoms with Crippen molar-refractivity contribution >= 4 is 16.5 Å². The van der Waals surface area contributed by atoms with Gasteiger partial charge in [-0.2, -0.15) is 0 Å². The lowest BCUT2D eigenvalue weighted by Gasteiger charge is -2.32. The highest BCUT2D eigenvalue weighted by atomic mass is 16.5. The van der Waals surface area contributed by atoms with Crippen molar-refractivity contribution in [2.45, 2.75) is 6.54 Å². The van der Waals surface area contributed by atoms with Gasteiger partial charge in [-0.3, -0.25) is 4.90 Å². The molecular weight excluding hydrogens is 346 g/mol. The quantitative estimate of drug-likeness (QED) is 0.673. The van der Waals surface area contributed by atoms with Crippen LogP contribution in [0.5, 0.6) is 5.75 Å². The summed E-state index contributed by atoms with van der Waals surface area (Å²) in [6, 6.07) is 23.2. The largest absolute Gasteiger partial charge is 0.490 e. The van der Waals surface area contributed by atoms with Crippen LogP contribution in [0.2, 0.25) is 0 Å². The molecule has 1 fully saturated rings. The number of anilines is 1. The normalized spacial score (nSPS) is 15.6. The van der Waals surface area contributed by atoms with Gasteiger partial charge in [-0.15, -0.1) is 0 Å². The predicted molar refractivity (Wildman–Crippen MR) is 117 cm³/mol. The molecule has 3 aromatic carbocycles. The van der Waals surface area contributed by atoms with Gasteiger partial charge in [-0.25, -0.2) is 0 Å². The Hall–Kier alpha value is -2.56. The third-order valence-corrected chi connectivity index (χ3v) is 5.50.